The van der Waals surface area contributed by atoms with Crippen LogP contribution in [0.3, 0.4) is 0 Å². The average molecular weight is 558 g/mol. The van der Waals surface area contributed by atoms with Gasteiger partial charge in [0, 0.05) is 0 Å². The molecule has 2 atom stereocenters. The van der Waals surface area contributed by atoms with Gasteiger partial charge < -0.3 is 9.41 Å². The van der Waals surface area contributed by atoms with Gasteiger partial charge in [0.15, 0.2) is 0 Å². The fourth-order valence-electron chi connectivity index (χ4n) is 5.14. The molecule has 0 spiro atoms. The smallest absolute Gasteiger partial charge is 1.00 e. The average Bonchev–Trinajstić information content (AvgIpc) is 3.38. The molecular formula is C31H25F2PZr. The SMILES string of the molecule is CC1=Cc2ccccc2[CH]1[Zr+2][CH]1C(P(c2ccccc2)c2ccccc2)=Cc2ccccc21.[F-].[F-]. The number of rotatable bonds is 5. The normalized spacial score (nSPS) is 17.3. The van der Waals surface area contributed by atoms with Gasteiger partial charge in [-0.05, 0) is 0 Å². The Labute approximate surface area is 218 Å². The van der Waals surface area contributed by atoms with E-state index in [1.165, 1.54) is 21.7 Å². The van der Waals surface area contributed by atoms with Gasteiger partial charge >= 0.3 is 210 Å². The summed E-state index contributed by atoms with van der Waals surface area (Å²) in [6.07, 6.45) is 4.98. The molecule has 0 aromatic heterocycles. The van der Waals surface area contributed by atoms with Crippen LogP contribution in [0.4, 0.5) is 0 Å². The van der Waals surface area contributed by atoms with Crippen molar-refractivity contribution in [1.82, 2.24) is 0 Å². The van der Waals surface area contributed by atoms with Gasteiger partial charge in [-0.25, -0.2) is 0 Å². The Bertz CT molecular complexity index is 1330. The van der Waals surface area contributed by atoms with Gasteiger partial charge in [-0.15, -0.1) is 0 Å². The van der Waals surface area contributed by atoms with Crippen LogP contribution in [0.2, 0.25) is 0 Å². The van der Waals surface area contributed by atoms with E-state index in [2.05, 4.69) is 128 Å². The summed E-state index contributed by atoms with van der Waals surface area (Å²) in [6.45, 7) is 2.35. The molecule has 0 saturated heterocycles. The first kappa shape index (κ1) is 25.6. The molecule has 6 rings (SSSR count). The van der Waals surface area contributed by atoms with Gasteiger partial charge in [-0.1, -0.05) is 0 Å². The molecule has 0 saturated carbocycles. The Kier molecular flexibility index (Phi) is 8.10. The molecule has 0 amide bonds. The van der Waals surface area contributed by atoms with Crippen LogP contribution >= 0.6 is 7.92 Å². The van der Waals surface area contributed by atoms with Crippen LogP contribution in [0.25, 0.3) is 12.2 Å². The molecule has 0 radical (unpaired) electrons. The van der Waals surface area contributed by atoms with Crippen molar-refractivity contribution in [3.8, 4) is 0 Å². The summed E-state index contributed by atoms with van der Waals surface area (Å²) in [6, 6.07) is 40.6. The molecule has 0 bridgehead atoms. The fourth-order valence-corrected chi connectivity index (χ4v) is 13.5. The summed E-state index contributed by atoms with van der Waals surface area (Å²) in [5.74, 6) is 0. The number of fused-ring (bicyclic) bond motifs is 2. The Morgan fingerprint density at radius 2 is 1.00 bits per heavy atom. The third kappa shape index (κ3) is 4.82. The maximum Gasteiger partial charge on any atom is -1.00 e. The number of benzene rings is 4. The molecule has 0 nitrogen and oxygen atoms in total. The summed E-state index contributed by atoms with van der Waals surface area (Å²) in [5, 5.41) is 4.58. The van der Waals surface area contributed by atoms with Crippen LogP contribution in [-0.4, -0.2) is 0 Å². The first-order valence-electron chi connectivity index (χ1n) is 11.5. The van der Waals surface area contributed by atoms with E-state index in [0.717, 1.165) is 0 Å². The minimum absolute atomic E-state index is 0. The maximum absolute atomic E-state index is 2.55. The number of halogens is 2. The van der Waals surface area contributed by atoms with Crippen molar-refractivity contribution < 1.29 is 32.6 Å². The summed E-state index contributed by atoms with van der Waals surface area (Å²) in [7, 11) is -0.555. The minimum atomic E-state index is -0.890. The van der Waals surface area contributed by atoms with E-state index in [9.17, 15) is 0 Å². The van der Waals surface area contributed by atoms with E-state index >= 15 is 0 Å². The minimum Gasteiger partial charge on any atom is -1.00 e. The van der Waals surface area contributed by atoms with Gasteiger partial charge in [-0.2, -0.15) is 0 Å². The molecule has 4 heteroatoms. The van der Waals surface area contributed by atoms with Crippen molar-refractivity contribution in [2.45, 2.75) is 14.2 Å². The van der Waals surface area contributed by atoms with Gasteiger partial charge in [0.1, 0.15) is 0 Å². The second-order valence-electron chi connectivity index (χ2n) is 8.75. The Morgan fingerprint density at radius 3 is 1.57 bits per heavy atom. The van der Waals surface area contributed by atoms with E-state index in [1.807, 2.05) is 0 Å². The molecule has 4 aromatic rings. The van der Waals surface area contributed by atoms with Crippen LogP contribution in [0, 0.1) is 0 Å². The van der Waals surface area contributed by atoms with E-state index < -0.39 is 31.2 Å². The molecule has 2 unspecified atom stereocenters. The standard InChI is InChI=1S/C21H16P.C10H9.2FH.Zr/c1-3-11-19(12-4-1)22(20-13-5-2-6-14-20)21-15-17-9-7-8-10-18(17)16-21;1-8-6-9-4-2-3-5-10(9)7-8;;;/h1-16H;2-7H,1H3;2*1H;/q;;;;+2/p-2. The monoisotopic (exact) mass is 556 g/mol. The molecule has 2 aliphatic carbocycles. The van der Waals surface area contributed by atoms with E-state index in [0.29, 0.717) is 7.25 Å². The number of hydrogen-bond acceptors (Lipinski definition) is 0. The van der Waals surface area contributed by atoms with E-state index in [1.54, 1.807) is 22.0 Å². The Morgan fingerprint density at radius 1 is 0.543 bits per heavy atom. The Balaban J connectivity index is 0.00000144. The molecule has 35 heavy (non-hydrogen) atoms. The largest absolute Gasteiger partial charge is 1.00 e. The first-order valence-corrected chi connectivity index (χ1v) is 15.7. The predicted octanol–water partition coefficient (Wildman–Crippen LogP) is 1.46. The first-order chi connectivity index (χ1) is 16.3. The zero-order chi connectivity index (χ0) is 22.2. The summed E-state index contributed by atoms with van der Waals surface area (Å²) in [5.41, 5.74) is 7.57. The maximum atomic E-state index is 2.55. The summed E-state index contributed by atoms with van der Waals surface area (Å²) >= 11 is -0.890. The van der Waals surface area contributed by atoms with Gasteiger partial charge in [0.2, 0.25) is 0 Å². The molecular weight excluding hydrogens is 533 g/mol. The van der Waals surface area contributed by atoms with E-state index in [-0.39, 0.29) is 9.41 Å². The molecule has 0 heterocycles. The molecule has 2 aliphatic rings. The third-order valence-electron chi connectivity index (χ3n) is 6.67. The van der Waals surface area contributed by atoms with Crippen LogP contribution in [-0.2, 0) is 23.2 Å². The van der Waals surface area contributed by atoms with Crippen LogP contribution in [0.1, 0.15) is 36.4 Å². The van der Waals surface area contributed by atoms with Crippen molar-refractivity contribution in [3.05, 3.63) is 142 Å². The summed E-state index contributed by atoms with van der Waals surface area (Å²) in [4.78, 5) is 0. The van der Waals surface area contributed by atoms with Crippen molar-refractivity contribution in [3.63, 3.8) is 0 Å². The van der Waals surface area contributed by atoms with Crippen molar-refractivity contribution in [2.75, 3.05) is 0 Å². The second-order valence-corrected chi connectivity index (χ2v) is 14.6. The Hall–Kier alpha value is -2.47. The molecule has 172 valence electrons. The van der Waals surface area contributed by atoms with Crippen molar-refractivity contribution >= 4 is 30.7 Å². The molecule has 0 fully saturated rings. The van der Waals surface area contributed by atoms with E-state index in [4.69, 9.17) is 0 Å². The van der Waals surface area contributed by atoms with Crippen LogP contribution < -0.4 is 20.0 Å². The predicted molar refractivity (Wildman–Crippen MR) is 139 cm³/mol. The quantitative estimate of drug-likeness (QED) is 0.326. The number of allylic oxidation sites excluding steroid dienone is 2. The third-order valence-corrected chi connectivity index (χ3v) is 14.9. The summed E-state index contributed by atoms with van der Waals surface area (Å²) < 4.78 is 1.24. The van der Waals surface area contributed by atoms with Crippen LogP contribution in [0.15, 0.2) is 120 Å². The van der Waals surface area contributed by atoms with Gasteiger partial charge in [-0.3, -0.25) is 0 Å². The van der Waals surface area contributed by atoms with Gasteiger partial charge in [0.05, 0.1) is 0 Å². The fraction of sp³-hybridized carbons (Fsp3) is 0.0968. The molecule has 0 N–H and O–H groups in total. The molecule has 0 aliphatic heterocycles. The zero-order valence-electron chi connectivity index (χ0n) is 19.4. The van der Waals surface area contributed by atoms with Crippen molar-refractivity contribution in [2.24, 2.45) is 0 Å². The zero-order valence-corrected chi connectivity index (χ0v) is 22.8. The second kappa shape index (κ2) is 11.1. The van der Waals surface area contributed by atoms with Crippen LogP contribution in [0.5, 0.6) is 0 Å². The number of hydrogen-bond donors (Lipinski definition) is 0. The topological polar surface area (TPSA) is 0 Å². The van der Waals surface area contributed by atoms with Crippen molar-refractivity contribution in [1.29, 1.82) is 0 Å². The van der Waals surface area contributed by atoms with Gasteiger partial charge in [0.25, 0.3) is 0 Å². The molecule has 4 aromatic carbocycles.